The minimum atomic E-state index is 0.387. The summed E-state index contributed by atoms with van der Waals surface area (Å²) in [4.78, 5) is 11.6. The van der Waals surface area contributed by atoms with Crippen LogP contribution in [-0.2, 0) is 17.9 Å². The molecule has 0 saturated heterocycles. The number of fused-ring (bicyclic) bond motifs is 1. The monoisotopic (exact) mass is 463 g/mol. The molecular weight excluding hydrogens is 426 g/mol. The summed E-state index contributed by atoms with van der Waals surface area (Å²) in [5.74, 6) is 2.62. The van der Waals surface area contributed by atoms with Crippen molar-refractivity contribution in [3.8, 4) is 5.75 Å². The number of benzene rings is 2. The van der Waals surface area contributed by atoms with Crippen LogP contribution in [0, 0.1) is 0 Å². The van der Waals surface area contributed by atoms with E-state index in [2.05, 4.69) is 34.9 Å². The molecule has 4 rings (SSSR count). The van der Waals surface area contributed by atoms with Gasteiger partial charge in [-0.25, -0.2) is 4.98 Å². The van der Waals surface area contributed by atoms with E-state index in [-0.39, 0.29) is 0 Å². The zero-order valence-corrected chi connectivity index (χ0v) is 20.8. The second kappa shape index (κ2) is 11.5. The molecule has 1 aliphatic carbocycles. The highest BCUT2D eigenvalue weighted by Crippen LogP contribution is 2.27. The topological polar surface area (TPSA) is 71.5 Å². The van der Waals surface area contributed by atoms with Crippen molar-refractivity contribution in [2.45, 2.75) is 57.8 Å². The molecular formula is C27H37N5O2. The molecule has 182 valence electrons. The van der Waals surface area contributed by atoms with Gasteiger partial charge in [-0.15, -0.1) is 0 Å². The van der Waals surface area contributed by atoms with Crippen LogP contribution in [0.4, 0.5) is 11.8 Å². The van der Waals surface area contributed by atoms with Gasteiger partial charge < -0.3 is 25.0 Å². The Kier molecular flexibility index (Phi) is 8.19. The van der Waals surface area contributed by atoms with Crippen LogP contribution in [0.2, 0.25) is 0 Å². The third-order valence-corrected chi connectivity index (χ3v) is 6.38. The van der Waals surface area contributed by atoms with Crippen molar-refractivity contribution in [1.82, 2.24) is 15.3 Å². The first kappa shape index (κ1) is 24.2. The van der Waals surface area contributed by atoms with Crippen LogP contribution in [0.1, 0.15) is 43.7 Å². The molecule has 34 heavy (non-hydrogen) atoms. The normalized spacial score (nSPS) is 18.1. The highest BCUT2D eigenvalue weighted by atomic mass is 16.5. The lowest BCUT2D eigenvalue weighted by Gasteiger charge is -2.30. The molecule has 1 heterocycles. The molecule has 0 bridgehead atoms. The van der Waals surface area contributed by atoms with Gasteiger partial charge in [0.1, 0.15) is 11.6 Å². The number of methoxy groups -OCH3 is 1. The Balaban J connectivity index is 1.34. The van der Waals surface area contributed by atoms with Gasteiger partial charge in [0.15, 0.2) is 0 Å². The van der Waals surface area contributed by atoms with E-state index < -0.39 is 0 Å². The fourth-order valence-electron chi connectivity index (χ4n) is 4.67. The lowest BCUT2D eigenvalue weighted by atomic mass is 9.91. The quantitative estimate of drug-likeness (QED) is 0.449. The van der Waals surface area contributed by atoms with E-state index in [0.29, 0.717) is 25.3 Å². The van der Waals surface area contributed by atoms with Gasteiger partial charge >= 0.3 is 0 Å². The van der Waals surface area contributed by atoms with Crippen LogP contribution >= 0.6 is 0 Å². The van der Waals surface area contributed by atoms with Gasteiger partial charge in [0.05, 0.1) is 18.7 Å². The second-order valence-corrected chi connectivity index (χ2v) is 9.16. The number of hydrogen-bond donors (Lipinski definition) is 2. The molecule has 2 aromatic carbocycles. The van der Waals surface area contributed by atoms with Gasteiger partial charge in [-0.05, 0) is 62.4 Å². The number of ether oxygens (including phenoxy) is 2. The van der Waals surface area contributed by atoms with E-state index in [9.17, 15) is 0 Å². The minimum Gasteiger partial charge on any atom is -0.494 e. The zero-order chi connectivity index (χ0) is 23.9. The first-order chi connectivity index (χ1) is 16.6. The minimum absolute atomic E-state index is 0.387. The number of nitrogens with one attached hydrogen (secondary N) is 2. The van der Waals surface area contributed by atoms with Crippen LogP contribution in [-0.4, -0.2) is 49.9 Å². The van der Waals surface area contributed by atoms with Gasteiger partial charge in [-0.1, -0.05) is 18.2 Å². The largest absolute Gasteiger partial charge is 0.494 e. The lowest BCUT2D eigenvalue weighted by molar-refractivity contribution is 0.184. The van der Waals surface area contributed by atoms with Crippen molar-refractivity contribution in [3.63, 3.8) is 0 Å². The number of para-hydroxylation sites is 1. The fraction of sp³-hybridized carbons (Fsp3) is 0.481. The summed E-state index contributed by atoms with van der Waals surface area (Å²) in [5.41, 5.74) is 3.33. The maximum Gasteiger partial charge on any atom is 0.225 e. The number of anilines is 2. The molecule has 2 N–H and O–H groups in total. The zero-order valence-electron chi connectivity index (χ0n) is 20.8. The second-order valence-electron chi connectivity index (χ2n) is 9.16. The van der Waals surface area contributed by atoms with Crippen molar-refractivity contribution >= 4 is 22.7 Å². The van der Waals surface area contributed by atoms with Crippen molar-refractivity contribution in [2.24, 2.45) is 0 Å². The SMILES string of the molecule is CCOc1ccc(COC)cc1CN[C@H]1CC[C@@H](Nc2nc(N(C)C)c3ccccc3n2)CC1. The first-order valence-corrected chi connectivity index (χ1v) is 12.2. The van der Waals surface area contributed by atoms with Gasteiger partial charge in [0, 0.05) is 50.8 Å². The summed E-state index contributed by atoms with van der Waals surface area (Å²) < 4.78 is 11.1. The summed E-state index contributed by atoms with van der Waals surface area (Å²) in [6.07, 6.45) is 4.42. The van der Waals surface area contributed by atoms with Crippen LogP contribution in [0.5, 0.6) is 5.75 Å². The number of hydrogen-bond acceptors (Lipinski definition) is 7. The number of aromatic nitrogens is 2. The van der Waals surface area contributed by atoms with Crippen molar-refractivity contribution in [2.75, 3.05) is 38.0 Å². The van der Waals surface area contributed by atoms with Gasteiger partial charge in [0.2, 0.25) is 5.95 Å². The number of nitrogens with zero attached hydrogens (tertiary/aromatic N) is 3. The third-order valence-electron chi connectivity index (χ3n) is 6.38. The maximum atomic E-state index is 5.84. The predicted octanol–water partition coefficient (Wildman–Crippen LogP) is 4.75. The molecule has 0 spiro atoms. The molecule has 7 heteroatoms. The van der Waals surface area contributed by atoms with Crippen molar-refractivity contribution in [1.29, 1.82) is 0 Å². The van der Waals surface area contributed by atoms with Gasteiger partial charge in [0.25, 0.3) is 0 Å². The molecule has 1 aliphatic rings. The van der Waals surface area contributed by atoms with Crippen LogP contribution in [0.15, 0.2) is 42.5 Å². The molecule has 3 aromatic rings. The molecule has 0 radical (unpaired) electrons. The summed E-state index contributed by atoms with van der Waals surface area (Å²) in [5, 5.41) is 8.43. The average Bonchev–Trinajstić information content (AvgIpc) is 2.84. The van der Waals surface area contributed by atoms with Crippen molar-refractivity contribution < 1.29 is 9.47 Å². The highest BCUT2D eigenvalue weighted by Gasteiger charge is 2.22. The standard InChI is InChI=1S/C27H37N5O2/c1-5-34-25-15-10-19(18-33-4)16-20(25)17-28-21-11-13-22(14-12-21)29-27-30-24-9-7-6-8-23(24)26(31-27)32(2)3/h6-10,15-16,21-22,28H,5,11-14,17-18H2,1-4H3,(H,29,30,31)/t21-,22+. The van der Waals surface area contributed by atoms with Crippen LogP contribution < -0.4 is 20.3 Å². The van der Waals surface area contributed by atoms with Gasteiger partial charge in [-0.2, -0.15) is 4.98 Å². The Labute approximate surface area is 202 Å². The van der Waals surface area contributed by atoms with Crippen molar-refractivity contribution in [3.05, 3.63) is 53.6 Å². The van der Waals surface area contributed by atoms with E-state index in [1.165, 1.54) is 11.1 Å². The Morgan fingerprint density at radius 2 is 1.76 bits per heavy atom. The first-order valence-electron chi connectivity index (χ1n) is 12.2. The van der Waals surface area contributed by atoms with E-state index >= 15 is 0 Å². The van der Waals surface area contributed by atoms with E-state index in [4.69, 9.17) is 19.4 Å². The molecule has 7 nitrogen and oxygen atoms in total. The van der Waals surface area contributed by atoms with Crippen LogP contribution in [0.3, 0.4) is 0 Å². The lowest BCUT2D eigenvalue weighted by Crippen LogP contribution is -2.37. The Hall–Kier alpha value is -2.90. The fourth-order valence-corrected chi connectivity index (χ4v) is 4.67. The Morgan fingerprint density at radius 1 is 1.00 bits per heavy atom. The number of rotatable bonds is 10. The summed E-state index contributed by atoms with van der Waals surface area (Å²) in [7, 11) is 5.78. The summed E-state index contributed by atoms with van der Waals surface area (Å²) >= 11 is 0. The van der Waals surface area contributed by atoms with E-state index in [1.807, 2.05) is 44.1 Å². The molecule has 0 atom stereocenters. The molecule has 1 fully saturated rings. The molecule has 0 amide bonds. The molecule has 0 unspecified atom stereocenters. The van der Waals surface area contributed by atoms with Crippen LogP contribution in [0.25, 0.3) is 10.9 Å². The predicted molar refractivity (Wildman–Crippen MR) is 139 cm³/mol. The van der Waals surface area contributed by atoms with Gasteiger partial charge in [-0.3, -0.25) is 0 Å². The summed E-state index contributed by atoms with van der Waals surface area (Å²) in [6, 6.07) is 15.4. The smallest absolute Gasteiger partial charge is 0.225 e. The molecule has 1 aromatic heterocycles. The maximum absolute atomic E-state index is 5.84. The highest BCUT2D eigenvalue weighted by molar-refractivity contribution is 5.90. The summed E-state index contributed by atoms with van der Waals surface area (Å²) in [6.45, 7) is 4.10. The Bertz CT molecular complexity index is 1080. The Morgan fingerprint density at radius 3 is 2.50 bits per heavy atom. The molecule has 0 aliphatic heterocycles. The third kappa shape index (κ3) is 5.96. The average molecular weight is 464 g/mol. The van der Waals surface area contributed by atoms with E-state index in [0.717, 1.165) is 60.6 Å². The van der Waals surface area contributed by atoms with E-state index in [1.54, 1.807) is 7.11 Å². The molecule has 1 saturated carbocycles.